The highest BCUT2D eigenvalue weighted by Crippen LogP contribution is 2.38. The van der Waals surface area contributed by atoms with Gasteiger partial charge in [-0.05, 0) is 68.1 Å². The number of aromatic nitrogens is 3. The molecule has 1 saturated carbocycles. The van der Waals surface area contributed by atoms with Crippen LogP contribution in [0.25, 0.3) is 5.69 Å². The number of ether oxygens (including phenoxy) is 1. The second-order valence-corrected chi connectivity index (χ2v) is 9.22. The summed E-state index contributed by atoms with van der Waals surface area (Å²) in [5.41, 5.74) is -0.656. The predicted molar refractivity (Wildman–Crippen MR) is 131 cm³/mol. The zero-order valence-corrected chi connectivity index (χ0v) is 20.3. The van der Waals surface area contributed by atoms with Crippen LogP contribution in [0.2, 0.25) is 10.0 Å². The largest absolute Gasteiger partial charge is 0.454 e. The molecule has 2 aromatic carbocycles. The Morgan fingerprint density at radius 3 is 2.60 bits per heavy atom. The summed E-state index contributed by atoms with van der Waals surface area (Å²) >= 11 is 12.8. The van der Waals surface area contributed by atoms with Crippen LogP contribution in [0.15, 0.2) is 39.9 Å². The molecule has 0 unspecified atom stereocenters. The van der Waals surface area contributed by atoms with Gasteiger partial charge in [0.25, 0.3) is 5.56 Å². The van der Waals surface area contributed by atoms with Crippen LogP contribution in [0.3, 0.4) is 0 Å². The number of carbonyl (C=O) groups excluding carboxylic acids is 1. The Morgan fingerprint density at radius 1 is 1.26 bits per heavy atom. The third kappa shape index (κ3) is 5.80. The number of nitrogens with zero attached hydrogens (tertiary/aromatic N) is 4. The summed E-state index contributed by atoms with van der Waals surface area (Å²) in [7, 11) is 2.07. The van der Waals surface area contributed by atoms with Crippen molar-refractivity contribution >= 4 is 29.5 Å². The Labute approximate surface area is 210 Å². The number of rotatable bonds is 9. The van der Waals surface area contributed by atoms with Gasteiger partial charge >= 0.3 is 5.69 Å². The molecule has 9 nitrogen and oxygen atoms in total. The van der Waals surface area contributed by atoms with Gasteiger partial charge in [0.1, 0.15) is 18.1 Å². The molecule has 4 rings (SSSR count). The van der Waals surface area contributed by atoms with Crippen LogP contribution in [0, 0.1) is 17.2 Å². The monoisotopic (exact) mass is 513 g/mol. The number of nitriles is 1. The number of hydrogen-bond acceptors (Lipinski definition) is 7. The predicted octanol–water partition coefficient (Wildman–Crippen LogP) is 3.59. The molecule has 0 aliphatic heterocycles. The summed E-state index contributed by atoms with van der Waals surface area (Å²) in [5.74, 6) is 1.37. The number of nitrogens with one attached hydrogen (secondary N) is 1. The summed E-state index contributed by atoms with van der Waals surface area (Å²) in [4.78, 5) is 39.6. The number of aromatic amines is 1. The first kappa shape index (κ1) is 24.7. The Morgan fingerprint density at radius 2 is 1.97 bits per heavy atom. The molecule has 35 heavy (non-hydrogen) atoms. The number of halogens is 2. The zero-order valence-electron chi connectivity index (χ0n) is 18.8. The fraction of sp³-hybridized carbons (Fsp3) is 0.292. The van der Waals surface area contributed by atoms with Gasteiger partial charge in [0.15, 0.2) is 5.75 Å². The molecule has 1 aliphatic carbocycles. The van der Waals surface area contributed by atoms with Crippen LogP contribution in [0.4, 0.5) is 0 Å². The van der Waals surface area contributed by atoms with E-state index in [2.05, 4.69) is 17.0 Å². The van der Waals surface area contributed by atoms with Crippen molar-refractivity contribution in [3.63, 3.8) is 0 Å². The van der Waals surface area contributed by atoms with Crippen molar-refractivity contribution in [2.24, 2.45) is 5.92 Å². The van der Waals surface area contributed by atoms with E-state index in [-0.39, 0.29) is 21.5 Å². The fourth-order valence-corrected chi connectivity index (χ4v) is 4.21. The Bertz CT molecular complexity index is 1420. The van der Waals surface area contributed by atoms with Crippen molar-refractivity contribution in [3.8, 4) is 23.3 Å². The average Bonchev–Trinajstić information content (AvgIpc) is 3.64. The van der Waals surface area contributed by atoms with E-state index >= 15 is 0 Å². The van der Waals surface area contributed by atoms with E-state index < -0.39 is 16.9 Å². The minimum Gasteiger partial charge on any atom is -0.454 e. The molecular formula is C24H21Cl2N5O4. The minimum absolute atomic E-state index is 0.0797. The lowest BCUT2D eigenvalue weighted by atomic mass is 10.0. The van der Waals surface area contributed by atoms with E-state index in [4.69, 9.17) is 33.2 Å². The van der Waals surface area contributed by atoms with Crippen molar-refractivity contribution in [2.75, 3.05) is 20.1 Å². The van der Waals surface area contributed by atoms with Gasteiger partial charge in [-0.1, -0.05) is 23.2 Å². The van der Waals surface area contributed by atoms with Gasteiger partial charge in [-0.2, -0.15) is 9.94 Å². The first-order valence-electron chi connectivity index (χ1n) is 10.9. The highest BCUT2D eigenvalue weighted by Gasteiger charge is 2.22. The molecule has 180 valence electrons. The van der Waals surface area contributed by atoms with E-state index in [0.717, 1.165) is 35.5 Å². The summed E-state index contributed by atoms with van der Waals surface area (Å²) in [5, 5.41) is 12.9. The van der Waals surface area contributed by atoms with Crippen LogP contribution in [-0.4, -0.2) is 46.1 Å². The zero-order chi connectivity index (χ0) is 25.1. The Balaban J connectivity index is 1.58. The maximum Gasteiger partial charge on any atom is 0.349 e. The second kappa shape index (κ2) is 10.4. The highest BCUT2D eigenvalue weighted by molar-refractivity contribution is 6.37. The lowest BCUT2D eigenvalue weighted by Gasteiger charge is -2.17. The van der Waals surface area contributed by atoms with E-state index in [0.29, 0.717) is 17.7 Å². The van der Waals surface area contributed by atoms with Gasteiger partial charge in [0, 0.05) is 18.7 Å². The number of carbonyl (C=O) groups is 1. The van der Waals surface area contributed by atoms with Crippen LogP contribution < -0.4 is 16.0 Å². The van der Waals surface area contributed by atoms with Gasteiger partial charge < -0.3 is 9.64 Å². The summed E-state index contributed by atoms with van der Waals surface area (Å²) in [6.45, 7) is 1.86. The van der Waals surface area contributed by atoms with Gasteiger partial charge in [-0.25, -0.2) is 4.79 Å². The topological polar surface area (TPSA) is 121 Å². The van der Waals surface area contributed by atoms with Crippen LogP contribution in [-0.2, 0) is 6.42 Å². The second-order valence-electron chi connectivity index (χ2n) is 8.41. The molecule has 1 fully saturated rings. The first-order valence-corrected chi connectivity index (χ1v) is 11.6. The van der Waals surface area contributed by atoms with Crippen LogP contribution >= 0.6 is 23.2 Å². The number of hydrogen-bond donors (Lipinski definition) is 1. The molecular weight excluding hydrogens is 493 g/mol. The number of aldehydes is 1. The van der Waals surface area contributed by atoms with Crippen LogP contribution in [0.1, 0.15) is 34.5 Å². The SMILES string of the molecule is CN(CCc1cc(Oc2c(Cl)cc(-n3nc(C#N)c(=O)[nH]c3=O)cc2Cl)ccc1C=O)CC1CC1. The van der Waals surface area contributed by atoms with Crippen molar-refractivity contribution in [2.45, 2.75) is 19.3 Å². The minimum atomic E-state index is -0.890. The quantitative estimate of drug-likeness (QED) is 0.433. The molecule has 0 radical (unpaired) electrons. The van der Waals surface area contributed by atoms with Gasteiger partial charge in [0.2, 0.25) is 5.69 Å². The molecule has 0 amide bonds. The van der Waals surface area contributed by atoms with Gasteiger partial charge in [-0.3, -0.25) is 14.6 Å². The molecule has 11 heteroatoms. The molecule has 0 saturated heterocycles. The number of H-pyrrole nitrogens is 1. The third-order valence-corrected chi connectivity index (χ3v) is 6.21. The Hall–Kier alpha value is -3.45. The summed E-state index contributed by atoms with van der Waals surface area (Å²) in [6.07, 6.45) is 4.05. The lowest BCUT2D eigenvalue weighted by molar-refractivity contribution is 0.112. The lowest BCUT2D eigenvalue weighted by Crippen LogP contribution is -2.33. The highest BCUT2D eigenvalue weighted by atomic mass is 35.5. The molecule has 0 bridgehead atoms. The van der Waals surface area contributed by atoms with E-state index in [1.54, 1.807) is 24.3 Å². The molecule has 0 spiro atoms. The van der Waals surface area contributed by atoms with E-state index in [9.17, 15) is 14.4 Å². The fourth-order valence-electron chi connectivity index (χ4n) is 3.65. The van der Waals surface area contributed by atoms with Gasteiger partial charge in [-0.15, -0.1) is 5.10 Å². The number of benzene rings is 2. The molecule has 1 N–H and O–H groups in total. The summed E-state index contributed by atoms with van der Waals surface area (Å²) in [6, 6.07) is 9.49. The van der Waals surface area contributed by atoms with Crippen molar-refractivity contribution in [1.82, 2.24) is 19.7 Å². The standard InChI is InChI=1S/C24H21Cl2N5O4/c1-30(12-14-2-3-14)7-6-15-8-18(5-4-16(15)13-32)35-22-19(25)9-17(10-20(22)26)31-24(34)28-23(33)21(11-27)29-31/h4-5,8-10,13-14H,2-3,6-7,12H2,1H3,(H,28,33,34). The average molecular weight is 514 g/mol. The molecule has 1 aromatic heterocycles. The van der Waals surface area contributed by atoms with E-state index in [1.165, 1.54) is 25.0 Å². The molecule has 1 heterocycles. The van der Waals surface area contributed by atoms with Crippen molar-refractivity contribution in [3.05, 3.63) is 78.0 Å². The Kier molecular flexibility index (Phi) is 7.36. The third-order valence-electron chi connectivity index (χ3n) is 5.65. The smallest absolute Gasteiger partial charge is 0.349 e. The maximum atomic E-state index is 12.2. The van der Waals surface area contributed by atoms with Gasteiger partial charge in [0.05, 0.1) is 15.7 Å². The van der Waals surface area contributed by atoms with E-state index in [1.807, 2.05) is 4.98 Å². The van der Waals surface area contributed by atoms with Crippen molar-refractivity contribution < 1.29 is 9.53 Å². The normalized spacial score (nSPS) is 13.0. The van der Waals surface area contributed by atoms with Crippen molar-refractivity contribution in [1.29, 1.82) is 5.26 Å². The molecule has 1 aliphatic rings. The number of likely N-dealkylation sites (N-methyl/N-ethyl adjacent to an activating group) is 1. The maximum absolute atomic E-state index is 12.2. The first-order chi connectivity index (χ1) is 16.8. The molecule has 0 atom stereocenters. The van der Waals surface area contributed by atoms with Crippen LogP contribution in [0.5, 0.6) is 11.5 Å². The summed E-state index contributed by atoms with van der Waals surface area (Å²) < 4.78 is 6.75. The molecule has 3 aromatic rings.